The van der Waals surface area contributed by atoms with Gasteiger partial charge in [-0.15, -0.1) is 0 Å². The van der Waals surface area contributed by atoms with Crippen molar-refractivity contribution in [1.29, 1.82) is 0 Å². The Morgan fingerprint density at radius 2 is 2.05 bits per heavy atom. The van der Waals surface area contributed by atoms with Gasteiger partial charge in [0.1, 0.15) is 18.3 Å². The normalized spacial score (nSPS) is 36.8. The number of ether oxygens (including phenoxy) is 2. The van der Waals surface area contributed by atoms with E-state index in [2.05, 4.69) is 5.32 Å². The van der Waals surface area contributed by atoms with Crippen LogP contribution in [0.4, 0.5) is 0 Å². The molecule has 1 amide bonds. The van der Waals surface area contributed by atoms with Crippen LogP contribution in [-0.2, 0) is 14.3 Å². The third-order valence-corrected chi connectivity index (χ3v) is 3.10. The van der Waals surface area contributed by atoms with E-state index in [0.29, 0.717) is 0 Å². The van der Waals surface area contributed by atoms with Crippen LogP contribution in [0.1, 0.15) is 13.3 Å². The number of amides is 1. The van der Waals surface area contributed by atoms with Gasteiger partial charge in [-0.05, 0) is 6.92 Å². The number of aliphatic hydroxyl groups is 4. The zero-order valence-corrected chi connectivity index (χ0v) is 10.9. The standard InChI is InChI=1S/C11H21NO7/c1-5-7(12-10(17)6(14)3-4-13)8(15)9(16)11(18-2)19-5/h5-9,11,13-16H,3-4H2,1-2H3,(H,12,17)/t5-,6?,7+,8-,9+,11-/m0/s1. The predicted molar refractivity (Wildman–Crippen MR) is 63.0 cm³/mol. The van der Waals surface area contributed by atoms with E-state index in [4.69, 9.17) is 14.6 Å². The maximum atomic E-state index is 11.6. The minimum atomic E-state index is -1.37. The van der Waals surface area contributed by atoms with E-state index >= 15 is 0 Å². The number of aliphatic hydroxyl groups excluding tert-OH is 4. The zero-order valence-electron chi connectivity index (χ0n) is 10.9. The summed E-state index contributed by atoms with van der Waals surface area (Å²) in [4.78, 5) is 11.6. The molecule has 112 valence electrons. The summed E-state index contributed by atoms with van der Waals surface area (Å²) in [6.45, 7) is 1.27. The zero-order chi connectivity index (χ0) is 14.6. The second-order valence-corrected chi connectivity index (χ2v) is 4.49. The first-order valence-corrected chi connectivity index (χ1v) is 6.06. The van der Waals surface area contributed by atoms with E-state index in [1.54, 1.807) is 6.92 Å². The summed E-state index contributed by atoms with van der Waals surface area (Å²) in [5.41, 5.74) is 0. The average Bonchev–Trinajstić information content (AvgIpc) is 2.38. The molecule has 1 heterocycles. The molecule has 0 aromatic rings. The van der Waals surface area contributed by atoms with Gasteiger partial charge in [-0.3, -0.25) is 4.79 Å². The first-order chi connectivity index (χ1) is 8.92. The van der Waals surface area contributed by atoms with Crippen molar-refractivity contribution in [3.63, 3.8) is 0 Å². The summed E-state index contributed by atoms with van der Waals surface area (Å²) in [5, 5.41) is 40.1. The third-order valence-electron chi connectivity index (χ3n) is 3.10. The van der Waals surface area contributed by atoms with Crippen LogP contribution in [-0.4, -0.2) is 76.8 Å². The van der Waals surface area contributed by atoms with E-state index in [9.17, 15) is 20.1 Å². The number of rotatable bonds is 5. The Hall–Kier alpha value is -0.770. The highest BCUT2D eigenvalue weighted by Gasteiger charge is 2.43. The van der Waals surface area contributed by atoms with Crippen LogP contribution in [0.25, 0.3) is 0 Å². The van der Waals surface area contributed by atoms with Crippen molar-refractivity contribution in [2.24, 2.45) is 0 Å². The monoisotopic (exact) mass is 279 g/mol. The van der Waals surface area contributed by atoms with Crippen molar-refractivity contribution < 1.29 is 34.7 Å². The van der Waals surface area contributed by atoms with Crippen LogP contribution in [0, 0.1) is 0 Å². The topological polar surface area (TPSA) is 128 Å². The van der Waals surface area contributed by atoms with E-state index < -0.39 is 42.7 Å². The number of carbonyl (C=O) groups is 1. The van der Waals surface area contributed by atoms with Gasteiger partial charge in [0, 0.05) is 20.1 Å². The molecule has 8 nitrogen and oxygen atoms in total. The van der Waals surface area contributed by atoms with Crippen LogP contribution < -0.4 is 5.32 Å². The molecule has 0 bridgehead atoms. The largest absolute Gasteiger partial charge is 0.396 e. The van der Waals surface area contributed by atoms with E-state index in [1.165, 1.54) is 7.11 Å². The molecule has 1 aliphatic rings. The van der Waals surface area contributed by atoms with Gasteiger partial charge in [-0.25, -0.2) is 0 Å². The van der Waals surface area contributed by atoms with Gasteiger partial charge in [0.05, 0.1) is 12.1 Å². The fourth-order valence-corrected chi connectivity index (χ4v) is 1.94. The highest BCUT2D eigenvalue weighted by Crippen LogP contribution is 2.21. The van der Waals surface area contributed by atoms with Gasteiger partial charge in [0.25, 0.3) is 0 Å². The fraction of sp³-hybridized carbons (Fsp3) is 0.909. The Kier molecular flexibility index (Phi) is 6.11. The molecule has 1 saturated heterocycles. The molecule has 0 spiro atoms. The first-order valence-electron chi connectivity index (χ1n) is 6.06. The lowest BCUT2D eigenvalue weighted by Gasteiger charge is -2.41. The highest BCUT2D eigenvalue weighted by atomic mass is 16.7. The van der Waals surface area contributed by atoms with Crippen molar-refractivity contribution in [1.82, 2.24) is 5.32 Å². The van der Waals surface area contributed by atoms with Gasteiger partial charge in [-0.2, -0.15) is 0 Å². The van der Waals surface area contributed by atoms with Crippen molar-refractivity contribution in [2.45, 2.75) is 50.1 Å². The van der Waals surface area contributed by atoms with Crippen molar-refractivity contribution in [2.75, 3.05) is 13.7 Å². The van der Waals surface area contributed by atoms with E-state index in [-0.39, 0.29) is 13.0 Å². The smallest absolute Gasteiger partial charge is 0.249 e. The number of carbonyl (C=O) groups excluding carboxylic acids is 1. The molecule has 1 rings (SSSR count). The summed E-state index contributed by atoms with van der Waals surface area (Å²) in [6.07, 6.45) is -5.64. The summed E-state index contributed by atoms with van der Waals surface area (Å²) >= 11 is 0. The Morgan fingerprint density at radius 1 is 1.42 bits per heavy atom. The second-order valence-electron chi connectivity index (χ2n) is 4.49. The van der Waals surface area contributed by atoms with Crippen LogP contribution in [0.5, 0.6) is 0 Å². The number of hydrogen-bond acceptors (Lipinski definition) is 7. The minimum absolute atomic E-state index is 0.104. The molecule has 0 aliphatic carbocycles. The molecule has 1 unspecified atom stereocenters. The van der Waals surface area contributed by atoms with Crippen LogP contribution >= 0.6 is 0 Å². The molecule has 6 atom stereocenters. The third kappa shape index (κ3) is 3.85. The molecule has 0 aromatic heterocycles. The molecule has 19 heavy (non-hydrogen) atoms. The highest BCUT2D eigenvalue weighted by molar-refractivity contribution is 5.80. The molecule has 0 aromatic carbocycles. The van der Waals surface area contributed by atoms with Gasteiger partial charge >= 0.3 is 0 Å². The van der Waals surface area contributed by atoms with Gasteiger partial charge in [-0.1, -0.05) is 0 Å². The quantitative estimate of drug-likeness (QED) is 0.371. The summed E-state index contributed by atoms with van der Waals surface area (Å²) in [5.74, 6) is -0.739. The molecule has 0 radical (unpaired) electrons. The number of hydrogen-bond donors (Lipinski definition) is 5. The lowest BCUT2D eigenvalue weighted by atomic mass is 9.96. The predicted octanol–water partition coefficient (Wildman–Crippen LogP) is -2.67. The van der Waals surface area contributed by atoms with Gasteiger partial charge in [0.15, 0.2) is 6.29 Å². The maximum Gasteiger partial charge on any atom is 0.249 e. The Morgan fingerprint density at radius 3 is 2.58 bits per heavy atom. The van der Waals surface area contributed by atoms with E-state index in [1.807, 2.05) is 0 Å². The average molecular weight is 279 g/mol. The van der Waals surface area contributed by atoms with Crippen LogP contribution in [0.15, 0.2) is 0 Å². The Balaban J connectivity index is 2.64. The first kappa shape index (κ1) is 16.3. The summed E-state index contributed by atoms with van der Waals surface area (Å²) < 4.78 is 10.1. The van der Waals surface area contributed by atoms with E-state index in [0.717, 1.165) is 0 Å². The van der Waals surface area contributed by atoms with Crippen molar-refractivity contribution in [3.05, 3.63) is 0 Å². The molecule has 8 heteroatoms. The van der Waals surface area contributed by atoms with Crippen molar-refractivity contribution in [3.8, 4) is 0 Å². The van der Waals surface area contributed by atoms with Gasteiger partial charge in [0.2, 0.25) is 5.91 Å². The number of nitrogens with one attached hydrogen (secondary N) is 1. The SMILES string of the molecule is CO[C@H]1O[C@@H](C)[C@@H](NC(=O)C(O)CCO)[C@H](O)[C@H]1O. The molecule has 1 aliphatic heterocycles. The Bertz CT molecular complexity index is 301. The summed E-state index contributed by atoms with van der Waals surface area (Å²) in [6, 6.07) is -0.873. The lowest BCUT2D eigenvalue weighted by molar-refractivity contribution is -0.263. The number of methoxy groups -OCH3 is 1. The summed E-state index contributed by atoms with van der Waals surface area (Å²) in [7, 11) is 1.33. The fourth-order valence-electron chi connectivity index (χ4n) is 1.94. The molecular weight excluding hydrogens is 258 g/mol. The molecule has 5 N–H and O–H groups in total. The molecule has 1 fully saturated rings. The Labute approximate surface area is 110 Å². The molecular formula is C11H21NO7. The van der Waals surface area contributed by atoms with Gasteiger partial charge < -0.3 is 35.2 Å². The lowest BCUT2D eigenvalue weighted by Crippen LogP contribution is -2.63. The second kappa shape index (κ2) is 7.13. The maximum absolute atomic E-state index is 11.6. The van der Waals surface area contributed by atoms with Crippen molar-refractivity contribution >= 4 is 5.91 Å². The van der Waals surface area contributed by atoms with Crippen LogP contribution in [0.2, 0.25) is 0 Å². The van der Waals surface area contributed by atoms with Crippen LogP contribution in [0.3, 0.4) is 0 Å². The minimum Gasteiger partial charge on any atom is -0.396 e. The molecule has 0 saturated carbocycles.